The molecule has 0 atom stereocenters. The van der Waals surface area contributed by atoms with Crippen LogP contribution >= 0.6 is 0 Å². The molecule has 2 aromatic carbocycles. The van der Waals surface area contributed by atoms with E-state index in [0.717, 1.165) is 28.8 Å². The molecule has 0 radical (unpaired) electrons. The molecule has 0 amide bonds. The highest BCUT2D eigenvalue weighted by Gasteiger charge is 2.35. The highest BCUT2D eigenvalue weighted by atomic mass is 32.2. The first-order valence-corrected chi connectivity index (χ1v) is 9.22. The zero-order valence-electron chi connectivity index (χ0n) is 13.8. The number of anilines is 1. The van der Waals surface area contributed by atoms with Gasteiger partial charge in [-0.05, 0) is 49.1 Å². The highest BCUT2D eigenvalue weighted by Crippen LogP contribution is 2.31. The van der Waals surface area contributed by atoms with Gasteiger partial charge < -0.3 is 5.73 Å². The van der Waals surface area contributed by atoms with Gasteiger partial charge in [-0.15, -0.1) is 0 Å². The van der Waals surface area contributed by atoms with E-state index in [1.807, 2.05) is 55.5 Å². The Bertz CT molecular complexity index is 749. The Hall–Kier alpha value is -1.85. The van der Waals surface area contributed by atoms with Crippen LogP contribution in [0, 0.1) is 0 Å². The van der Waals surface area contributed by atoms with Gasteiger partial charge in [0.2, 0.25) is 10.0 Å². The Morgan fingerprint density at radius 2 is 1.43 bits per heavy atom. The quantitative estimate of drug-likeness (QED) is 0.795. The Kier molecular flexibility index (Phi) is 5.12. The third-order valence-electron chi connectivity index (χ3n) is 4.04. The average molecular weight is 332 g/mol. The molecule has 0 saturated heterocycles. The topological polar surface area (TPSA) is 72.2 Å². The summed E-state index contributed by atoms with van der Waals surface area (Å²) in [7, 11) is -3.42. The van der Waals surface area contributed by atoms with Crippen LogP contribution in [0.15, 0.2) is 48.5 Å². The van der Waals surface area contributed by atoms with Crippen LogP contribution in [0.3, 0.4) is 0 Å². The second-order valence-corrected chi connectivity index (χ2v) is 8.42. The van der Waals surface area contributed by atoms with Crippen molar-refractivity contribution in [1.82, 2.24) is 4.72 Å². The van der Waals surface area contributed by atoms with Gasteiger partial charge in [0.05, 0.1) is 0 Å². The minimum atomic E-state index is -3.42. The van der Waals surface area contributed by atoms with Gasteiger partial charge >= 0.3 is 0 Å². The second kappa shape index (κ2) is 6.72. The van der Waals surface area contributed by atoms with Crippen molar-refractivity contribution in [1.29, 1.82) is 0 Å². The molecule has 3 N–H and O–H groups in total. The number of nitrogens with one attached hydrogen (secondary N) is 1. The SMILES string of the molecule is CCCNS(=O)(=O)C(C)(C)c1ccc(-c2ccc(N)cc2)cc1. The summed E-state index contributed by atoms with van der Waals surface area (Å²) in [5, 5.41) is 0. The van der Waals surface area contributed by atoms with Crippen LogP contribution in [0.2, 0.25) is 0 Å². The number of hydrogen-bond donors (Lipinski definition) is 2. The molecule has 0 bridgehead atoms. The van der Waals surface area contributed by atoms with Gasteiger partial charge in [0, 0.05) is 12.2 Å². The smallest absolute Gasteiger partial charge is 0.221 e. The van der Waals surface area contributed by atoms with Crippen molar-refractivity contribution < 1.29 is 8.42 Å². The van der Waals surface area contributed by atoms with Crippen LogP contribution in [0.5, 0.6) is 0 Å². The van der Waals surface area contributed by atoms with E-state index in [2.05, 4.69) is 4.72 Å². The highest BCUT2D eigenvalue weighted by molar-refractivity contribution is 7.90. The number of benzene rings is 2. The lowest BCUT2D eigenvalue weighted by Crippen LogP contribution is -2.39. The third-order valence-corrected chi connectivity index (χ3v) is 6.20. The van der Waals surface area contributed by atoms with Crippen molar-refractivity contribution in [3.63, 3.8) is 0 Å². The van der Waals surface area contributed by atoms with E-state index >= 15 is 0 Å². The van der Waals surface area contributed by atoms with Crippen molar-refractivity contribution >= 4 is 15.7 Å². The predicted molar refractivity (Wildman–Crippen MR) is 96.5 cm³/mol. The number of sulfonamides is 1. The molecular weight excluding hydrogens is 308 g/mol. The summed E-state index contributed by atoms with van der Waals surface area (Å²) in [6.45, 7) is 5.85. The molecule has 124 valence electrons. The maximum atomic E-state index is 12.5. The monoisotopic (exact) mass is 332 g/mol. The van der Waals surface area contributed by atoms with Crippen molar-refractivity contribution in [3.8, 4) is 11.1 Å². The predicted octanol–water partition coefficient (Wildman–Crippen LogP) is 3.50. The molecule has 0 aliphatic rings. The molecule has 0 heterocycles. The Morgan fingerprint density at radius 3 is 1.91 bits per heavy atom. The zero-order valence-corrected chi connectivity index (χ0v) is 14.7. The first kappa shape index (κ1) is 17.5. The van der Waals surface area contributed by atoms with Crippen molar-refractivity contribution in [2.45, 2.75) is 31.9 Å². The van der Waals surface area contributed by atoms with Crippen molar-refractivity contribution in [2.24, 2.45) is 0 Å². The fourth-order valence-corrected chi connectivity index (χ4v) is 3.59. The summed E-state index contributed by atoms with van der Waals surface area (Å²) >= 11 is 0. The van der Waals surface area contributed by atoms with Gasteiger partial charge in [0.25, 0.3) is 0 Å². The van der Waals surface area contributed by atoms with Gasteiger partial charge in [0.15, 0.2) is 0 Å². The first-order chi connectivity index (χ1) is 10.8. The molecule has 0 saturated carbocycles. The van der Waals surface area contributed by atoms with Crippen molar-refractivity contribution in [3.05, 3.63) is 54.1 Å². The first-order valence-electron chi connectivity index (χ1n) is 7.73. The molecule has 2 aromatic rings. The van der Waals surface area contributed by atoms with Crippen LogP contribution in [-0.2, 0) is 14.8 Å². The van der Waals surface area contributed by atoms with E-state index in [-0.39, 0.29) is 0 Å². The lowest BCUT2D eigenvalue weighted by Gasteiger charge is -2.26. The summed E-state index contributed by atoms with van der Waals surface area (Å²) in [6.07, 6.45) is 0.769. The van der Waals surface area contributed by atoms with Crippen LogP contribution in [-0.4, -0.2) is 15.0 Å². The number of rotatable bonds is 6. The molecule has 5 heteroatoms. The zero-order chi connectivity index (χ0) is 17.1. The Morgan fingerprint density at radius 1 is 0.957 bits per heavy atom. The van der Waals surface area contributed by atoms with E-state index in [0.29, 0.717) is 6.54 Å². The fraction of sp³-hybridized carbons (Fsp3) is 0.333. The molecule has 0 spiro atoms. The summed E-state index contributed by atoms with van der Waals surface area (Å²) in [6, 6.07) is 15.2. The van der Waals surface area contributed by atoms with Crippen LogP contribution in [0.25, 0.3) is 11.1 Å². The van der Waals surface area contributed by atoms with E-state index in [1.165, 1.54) is 0 Å². The molecule has 23 heavy (non-hydrogen) atoms. The minimum Gasteiger partial charge on any atom is -0.399 e. The Balaban J connectivity index is 2.29. The third kappa shape index (κ3) is 3.74. The van der Waals surface area contributed by atoms with E-state index < -0.39 is 14.8 Å². The molecule has 0 aliphatic carbocycles. The standard InChI is InChI=1S/C18H24N2O2S/c1-4-13-20-23(21,22)18(2,3)16-9-5-14(6-10-16)15-7-11-17(19)12-8-15/h5-12,20H,4,13,19H2,1-3H3. The maximum absolute atomic E-state index is 12.5. The van der Waals surface area contributed by atoms with E-state index in [4.69, 9.17) is 5.73 Å². The summed E-state index contributed by atoms with van der Waals surface area (Å²) < 4.78 is 26.6. The van der Waals surface area contributed by atoms with Gasteiger partial charge in [-0.3, -0.25) is 0 Å². The van der Waals surface area contributed by atoms with Gasteiger partial charge in [-0.25, -0.2) is 13.1 Å². The number of nitrogens with two attached hydrogens (primary N) is 1. The normalized spacial score (nSPS) is 12.3. The van der Waals surface area contributed by atoms with Crippen LogP contribution < -0.4 is 10.5 Å². The van der Waals surface area contributed by atoms with Crippen LogP contribution in [0.4, 0.5) is 5.69 Å². The molecule has 0 fully saturated rings. The molecule has 0 aliphatic heterocycles. The molecule has 0 unspecified atom stereocenters. The molecular formula is C18H24N2O2S. The average Bonchev–Trinajstić information content (AvgIpc) is 2.53. The van der Waals surface area contributed by atoms with E-state index in [9.17, 15) is 8.42 Å². The number of hydrogen-bond acceptors (Lipinski definition) is 3. The van der Waals surface area contributed by atoms with Crippen molar-refractivity contribution in [2.75, 3.05) is 12.3 Å². The van der Waals surface area contributed by atoms with Gasteiger partial charge in [-0.1, -0.05) is 43.3 Å². The largest absolute Gasteiger partial charge is 0.399 e. The number of nitrogen functional groups attached to an aromatic ring is 1. The summed E-state index contributed by atoms with van der Waals surface area (Å²) in [5.41, 5.74) is 9.27. The molecule has 4 nitrogen and oxygen atoms in total. The molecule has 2 rings (SSSR count). The lowest BCUT2D eigenvalue weighted by molar-refractivity contribution is 0.539. The summed E-state index contributed by atoms with van der Waals surface area (Å²) in [5.74, 6) is 0. The van der Waals surface area contributed by atoms with Gasteiger partial charge in [0.1, 0.15) is 4.75 Å². The minimum absolute atomic E-state index is 0.454. The lowest BCUT2D eigenvalue weighted by atomic mass is 9.98. The second-order valence-electron chi connectivity index (χ2n) is 6.11. The fourth-order valence-electron chi connectivity index (χ4n) is 2.31. The van der Waals surface area contributed by atoms with Crippen LogP contribution in [0.1, 0.15) is 32.8 Å². The Labute approximate surface area is 138 Å². The summed E-state index contributed by atoms with van der Waals surface area (Å²) in [4.78, 5) is 0. The van der Waals surface area contributed by atoms with E-state index in [1.54, 1.807) is 13.8 Å². The maximum Gasteiger partial charge on any atom is 0.221 e. The van der Waals surface area contributed by atoms with Gasteiger partial charge in [-0.2, -0.15) is 0 Å². The molecule has 0 aromatic heterocycles.